The van der Waals surface area contributed by atoms with Crippen LogP contribution in [0.2, 0.25) is 0 Å². The van der Waals surface area contributed by atoms with E-state index in [1.807, 2.05) is 19.1 Å². The number of hydrogen-bond donors (Lipinski definition) is 3. The molecule has 0 aliphatic heterocycles. The van der Waals surface area contributed by atoms with Crippen LogP contribution in [0, 0.1) is 0 Å². The van der Waals surface area contributed by atoms with Crippen molar-refractivity contribution in [2.24, 2.45) is 0 Å². The lowest BCUT2D eigenvalue weighted by Gasteiger charge is -2.15. The number of nitrogens with zero attached hydrogens (tertiary/aromatic N) is 1. The summed E-state index contributed by atoms with van der Waals surface area (Å²) in [6.45, 7) is 1.92. The molecule has 0 aliphatic carbocycles. The number of nitrogens with two attached hydrogens (primary N) is 1. The molecular weight excluding hydrogens is 246 g/mol. The first-order valence-electron chi connectivity index (χ1n) is 5.84. The number of furan rings is 1. The van der Waals surface area contributed by atoms with Gasteiger partial charge in [-0.15, -0.1) is 0 Å². The first kappa shape index (κ1) is 12.9. The molecule has 1 atom stereocenters. The Labute approximate surface area is 110 Å². The minimum Gasteiger partial charge on any atom is -0.478 e. The number of carboxylic acids is 1. The maximum absolute atomic E-state index is 11.1. The third kappa shape index (κ3) is 3.25. The molecule has 0 saturated heterocycles. The molecular formula is C13H15N3O3. The molecule has 0 aliphatic rings. The second-order valence-electron chi connectivity index (χ2n) is 4.30. The lowest BCUT2D eigenvalue weighted by Crippen LogP contribution is -2.20. The Bertz CT molecular complexity index is 567. The number of hydrogen-bond acceptors (Lipinski definition) is 5. The van der Waals surface area contributed by atoms with Gasteiger partial charge in [0.2, 0.25) is 0 Å². The monoisotopic (exact) mass is 261 g/mol. The van der Waals surface area contributed by atoms with Crippen molar-refractivity contribution in [3.05, 3.63) is 42.0 Å². The minimum atomic E-state index is -1.06. The van der Waals surface area contributed by atoms with Crippen LogP contribution in [-0.2, 0) is 6.42 Å². The van der Waals surface area contributed by atoms with Crippen molar-refractivity contribution in [3.63, 3.8) is 0 Å². The Balaban J connectivity index is 2.12. The molecule has 19 heavy (non-hydrogen) atoms. The Kier molecular flexibility index (Phi) is 3.70. The molecule has 0 radical (unpaired) electrons. The first-order valence-corrected chi connectivity index (χ1v) is 5.84. The molecule has 2 heterocycles. The number of aromatic nitrogens is 1. The average molecular weight is 261 g/mol. The van der Waals surface area contributed by atoms with Gasteiger partial charge < -0.3 is 20.6 Å². The molecule has 100 valence electrons. The van der Waals surface area contributed by atoms with Gasteiger partial charge in [0, 0.05) is 12.5 Å². The fraction of sp³-hybridized carbons (Fsp3) is 0.231. The van der Waals surface area contributed by atoms with Gasteiger partial charge in [-0.25, -0.2) is 9.78 Å². The van der Waals surface area contributed by atoms with E-state index in [9.17, 15) is 4.79 Å². The summed E-state index contributed by atoms with van der Waals surface area (Å²) in [6.07, 6.45) is 3.67. The van der Waals surface area contributed by atoms with Gasteiger partial charge in [-0.1, -0.05) is 0 Å². The number of rotatable bonds is 5. The van der Waals surface area contributed by atoms with Crippen LogP contribution in [0.1, 0.15) is 23.0 Å². The highest BCUT2D eigenvalue weighted by atomic mass is 16.4. The zero-order valence-corrected chi connectivity index (χ0v) is 10.5. The van der Waals surface area contributed by atoms with E-state index in [-0.39, 0.29) is 11.6 Å². The van der Waals surface area contributed by atoms with Crippen molar-refractivity contribution in [2.45, 2.75) is 19.4 Å². The predicted octanol–water partition coefficient (Wildman–Crippen LogP) is 2.00. The van der Waals surface area contributed by atoms with Crippen LogP contribution in [0.3, 0.4) is 0 Å². The Hall–Kier alpha value is -2.50. The topological polar surface area (TPSA) is 101 Å². The van der Waals surface area contributed by atoms with E-state index in [1.54, 1.807) is 6.26 Å². The fourth-order valence-electron chi connectivity index (χ4n) is 1.77. The molecule has 0 bridgehead atoms. The van der Waals surface area contributed by atoms with Gasteiger partial charge in [-0.05, 0) is 25.1 Å². The van der Waals surface area contributed by atoms with Crippen molar-refractivity contribution in [3.8, 4) is 0 Å². The summed E-state index contributed by atoms with van der Waals surface area (Å²) < 4.78 is 5.24. The molecule has 0 spiro atoms. The highest BCUT2D eigenvalue weighted by Gasteiger charge is 2.14. The standard InChI is InChI=1S/C13H15N3O3/c1-8(5-10-3-2-4-19-10)16-12-11(13(17)18)6-9(14)7-15-12/h2-4,6-8H,5,14H2,1H3,(H,15,16)(H,17,18). The number of carbonyl (C=O) groups is 1. The van der Waals surface area contributed by atoms with E-state index in [0.717, 1.165) is 5.76 Å². The van der Waals surface area contributed by atoms with Gasteiger partial charge in [0.05, 0.1) is 18.1 Å². The van der Waals surface area contributed by atoms with Crippen molar-refractivity contribution < 1.29 is 14.3 Å². The normalized spacial score (nSPS) is 12.1. The first-order chi connectivity index (χ1) is 9.06. The van der Waals surface area contributed by atoms with E-state index in [1.165, 1.54) is 12.3 Å². The Morgan fingerprint density at radius 3 is 3.05 bits per heavy atom. The van der Waals surface area contributed by atoms with Crippen LogP contribution in [0.4, 0.5) is 11.5 Å². The lowest BCUT2D eigenvalue weighted by molar-refractivity contribution is 0.0697. The van der Waals surface area contributed by atoms with Gasteiger partial charge in [0.25, 0.3) is 0 Å². The third-order valence-electron chi connectivity index (χ3n) is 2.61. The molecule has 2 aromatic rings. The smallest absolute Gasteiger partial charge is 0.339 e. The molecule has 0 aromatic carbocycles. The van der Waals surface area contributed by atoms with E-state index < -0.39 is 5.97 Å². The summed E-state index contributed by atoms with van der Waals surface area (Å²) in [5.41, 5.74) is 5.92. The summed E-state index contributed by atoms with van der Waals surface area (Å²) in [6, 6.07) is 5.05. The van der Waals surface area contributed by atoms with Crippen molar-refractivity contribution in [1.82, 2.24) is 4.98 Å². The number of pyridine rings is 1. The van der Waals surface area contributed by atoms with Crippen molar-refractivity contribution in [1.29, 1.82) is 0 Å². The molecule has 2 aromatic heterocycles. The lowest BCUT2D eigenvalue weighted by atomic mass is 10.1. The largest absolute Gasteiger partial charge is 0.478 e. The summed E-state index contributed by atoms with van der Waals surface area (Å²) >= 11 is 0. The molecule has 4 N–H and O–H groups in total. The Morgan fingerprint density at radius 1 is 1.63 bits per heavy atom. The van der Waals surface area contributed by atoms with Crippen molar-refractivity contribution in [2.75, 3.05) is 11.1 Å². The molecule has 2 rings (SSSR count). The molecule has 6 heteroatoms. The average Bonchev–Trinajstić information content (AvgIpc) is 2.83. The zero-order valence-electron chi connectivity index (χ0n) is 10.5. The number of nitrogen functional groups attached to an aromatic ring is 1. The molecule has 0 saturated carbocycles. The summed E-state index contributed by atoms with van der Waals surface area (Å²) in [4.78, 5) is 15.1. The highest BCUT2D eigenvalue weighted by molar-refractivity contribution is 5.94. The van der Waals surface area contributed by atoms with Crippen molar-refractivity contribution >= 4 is 17.5 Å². The molecule has 6 nitrogen and oxygen atoms in total. The highest BCUT2D eigenvalue weighted by Crippen LogP contribution is 2.17. The van der Waals surface area contributed by atoms with Crippen LogP contribution < -0.4 is 11.1 Å². The van der Waals surface area contributed by atoms with Crippen LogP contribution in [-0.4, -0.2) is 22.1 Å². The van der Waals surface area contributed by atoms with Crippen LogP contribution in [0.5, 0.6) is 0 Å². The third-order valence-corrected chi connectivity index (χ3v) is 2.61. The van der Waals surface area contributed by atoms with E-state index in [0.29, 0.717) is 17.9 Å². The second-order valence-corrected chi connectivity index (χ2v) is 4.30. The number of nitrogens with one attached hydrogen (secondary N) is 1. The van der Waals surface area contributed by atoms with Crippen LogP contribution >= 0.6 is 0 Å². The van der Waals surface area contributed by atoms with Crippen LogP contribution in [0.25, 0.3) is 0 Å². The summed E-state index contributed by atoms with van der Waals surface area (Å²) in [7, 11) is 0. The predicted molar refractivity (Wildman–Crippen MR) is 71.1 cm³/mol. The molecule has 1 unspecified atom stereocenters. The molecule has 0 fully saturated rings. The fourth-order valence-corrected chi connectivity index (χ4v) is 1.77. The maximum Gasteiger partial charge on any atom is 0.339 e. The molecule has 0 amide bonds. The Morgan fingerprint density at radius 2 is 2.42 bits per heavy atom. The van der Waals surface area contributed by atoms with E-state index >= 15 is 0 Å². The van der Waals surface area contributed by atoms with Gasteiger partial charge in [-0.3, -0.25) is 0 Å². The number of carboxylic acid groups (broad SMARTS) is 1. The van der Waals surface area contributed by atoms with Gasteiger partial charge in [0.1, 0.15) is 17.1 Å². The van der Waals surface area contributed by atoms with Gasteiger partial charge in [-0.2, -0.15) is 0 Å². The van der Waals surface area contributed by atoms with Crippen LogP contribution in [0.15, 0.2) is 35.1 Å². The zero-order chi connectivity index (χ0) is 13.8. The van der Waals surface area contributed by atoms with Gasteiger partial charge in [0.15, 0.2) is 0 Å². The summed E-state index contributed by atoms with van der Waals surface area (Å²) in [5, 5.41) is 12.2. The number of aromatic carboxylic acids is 1. The SMILES string of the molecule is CC(Cc1ccco1)Nc1ncc(N)cc1C(=O)O. The van der Waals surface area contributed by atoms with E-state index in [4.69, 9.17) is 15.3 Å². The second kappa shape index (κ2) is 5.43. The number of anilines is 2. The quantitative estimate of drug-likeness (QED) is 0.760. The summed E-state index contributed by atoms with van der Waals surface area (Å²) in [5.74, 6) is 0.0700. The van der Waals surface area contributed by atoms with E-state index in [2.05, 4.69) is 10.3 Å². The maximum atomic E-state index is 11.1. The van der Waals surface area contributed by atoms with Gasteiger partial charge >= 0.3 is 5.97 Å². The minimum absolute atomic E-state index is 0.0135.